The van der Waals surface area contributed by atoms with Crippen LogP contribution in [0, 0.1) is 5.82 Å². The van der Waals surface area contributed by atoms with Gasteiger partial charge >= 0.3 is 5.69 Å². The van der Waals surface area contributed by atoms with Gasteiger partial charge in [-0.05, 0) is 0 Å². The van der Waals surface area contributed by atoms with Crippen molar-refractivity contribution in [3.63, 3.8) is 0 Å². The molecule has 0 aromatic carbocycles. The Morgan fingerprint density at radius 3 is 2.81 bits per heavy atom. The van der Waals surface area contributed by atoms with Crippen molar-refractivity contribution in [2.75, 3.05) is 6.61 Å². The maximum atomic E-state index is 13.0. The van der Waals surface area contributed by atoms with E-state index in [1.54, 1.807) is 0 Å². The summed E-state index contributed by atoms with van der Waals surface area (Å²) in [5.41, 5.74) is -1.68. The Morgan fingerprint density at radius 1 is 1.44 bits per heavy atom. The third-order valence-corrected chi connectivity index (χ3v) is 2.89. The smallest absolute Gasteiger partial charge is 0.330 e. The predicted octanol–water partition coefficient (Wildman–Crippen LogP) is -0.638. The molecule has 0 bridgehead atoms. The molecule has 6 nitrogen and oxygen atoms in total. The largest absolute Gasteiger partial charge is 0.372 e. The number of nitrogens with one attached hydrogen (secondary N) is 1. The van der Waals surface area contributed by atoms with Crippen LogP contribution >= 0.6 is 0 Å². The second-order valence-electron chi connectivity index (χ2n) is 3.88. The molecule has 1 aromatic rings. The van der Waals surface area contributed by atoms with Crippen molar-refractivity contribution in [3.05, 3.63) is 32.9 Å². The van der Waals surface area contributed by atoms with E-state index in [1.807, 2.05) is 4.98 Å². The number of ether oxygens (including phenoxy) is 2. The highest BCUT2D eigenvalue weighted by molar-refractivity contribution is 4.93. The summed E-state index contributed by atoms with van der Waals surface area (Å²) in [4.78, 5) is 24.2. The summed E-state index contributed by atoms with van der Waals surface area (Å²) in [6.07, 6.45) is 0.766. The zero-order valence-corrected chi connectivity index (χ0v) is 8.18. The number of H-pyrrole nitrogens is 1. The first-order valence-corrected chi connectivity index (χ1v) is 4.93. The number of rotatable bonds is 1. The molecule has 0 unspecified atom stereocenters. The lowest BCUT2D eigenvalue weighted by Crippen LogP contribution is -2.40. The van der Waals surface area contributed by atoms with E-state index < -0.39 is 23.3 Å². The molecular formula is C9H9FN2O4. The lowest BCUT2D eigenvalue weighted by atomic mass is 10.1. The molecule has 0 amide bonds. The fourth-order valence-electron chi connectivity index (χ4n) is 1.97. The van der Waals surface area contributed by atoms with E-state index in [0.717, 1.165) is 10.8 Å². The molecule has 3 rings (SSSR count). The van der Waals surface area contributed by atoms with Crippen molar-refractivity contribution in [2.24, 2.45) is 0 Å². The fourth-order valence-corrected chi connectivity index (χ4v) is 1.97. The molecule has 1 aromatic heterocycles. The van der Waals surface area contributed by atoms with Crippen molar-refractivity contribution in [3.8, 4) is 0 Å². The van der Waals surface area contributed by atoms with Crippen molar-refractivity contribution >= 4 is 0 Å². The Balaban J connectivity index is 1.97. The Labute approximate surface area is 88.6 Å². The molecule has 3 atom stereocenters. The highest BCUT2D eigenvalue weighted by atomic mass is 19.1. The summed E-state index contributed by atoms with van der Waals surface area (Å²) in [6.45, 7) is 0.502. The third kappa shape index (κ3) is 1.32. The predicted molar refractivity (Wildman–Crippen MR) is 49.5 cm³/mol. The number of halogens is 1. The summed E-state index contributed by atoms with van der Waals surface area (Å²) in [5, 5.41) is 0. The zero-order chi connectivity index (χ0) is 11.3. The van der Waals surface area contributed by atoms with Crippen LogP contribution < -0.4 is 11.2 Å². The number of aromatic amines is 1. The van der Waals surface area contributed by atoms with Gasteiger partial charge in [0.1, 0.15) is 12.3 Å². The summed E-state index contributed by atoms with van der Waals surface area (Å²) < 4.78 is 24.8. The van der Waals surface area contributed by atoms with Crippen LogP contribution in [0.25, 0.3) is 0 Å². The van der Waals surface area contributed by atoms with Gasteiger partial charge in [-0.1, -0.05) is 0 Å². The topological polar surface area (TPSA) is 73.3 Å². The molecule has 7 heteroatoms. The van der Waals surface area contributed by atoms with Gasteiger partial charge in [-0.3, -0.25) is 14.3 Å². The fraction of sp³-hybridized carbons (Fsp3) is 0.556. The SMILES string of the molecule is O=c1[nH]c(=O)n([C@@H]2C[C@H]3OC[C@@H]3O2)cc1F. The molecule has 0 radical (unpaired) electrons. The summed E-state index contributed by atoms with van der Waals surface area (Å²) in [7, 11) is 0. The Bertz CT molecular complexity index is 525. The monoisotopic (exact) mass is 228 g/mol. The minimum Gasteiger partial charge on any atom is -0.372 e. The van der Waals surface area contributed by atoms with E-state index in [-0.39, 0.29) is 12.2 Å². The van der Waals surface area contributed by atoms with Crippen LogP contribution in [-0.2, 0) is 9.47 Å². The minimum absolute atomic E-state index is 0.0214. The normalized spacial score (nSPS) is 32.2. The maximum Gasteiger partial charge on any atom is 0.330 e. The molecule has 2 saturated heterocycles. The Morgan fingerprint density at radius 2 is 2.25 bits per heavy atom. The number of hydrogen-bond acceptors (Lipinski definition) is 4. The van der Waals surface area contributed by atoms with Crippen LogP contribution in [0.4, 0.5) is 4.39 Å². The van der Waals surface area contributed by atoms with Crippen molar-refractivity contribution in [2.45, 2.75) is 24.9 Å². The van der Waals surface area contributed by atoms with E-state index >= 15 is 0 Å². The Kier molecular flexibility index (Phi) is 1.98. The molecule has 1 N–H and O–H groups in total. The summed E-state index contributed by atoms with van der Waals surface area (Å²) in [5.74, 6) is -0.997. The molecule has 86 valence electrons. The standard InChI is InChI=1S/C9H9FN2O4/c10-4-2-12(9(14)11-8(4)13)7-1-5-6(16-7)3-15-5/h2,5-7H,1,3H2,(H,11,13,14)/t5-,6+,7+/m1/s1. The molecule has 0 spiro atoms. The zero-order valence-electron chi connectivity index (χ0n) is 8.18. The van der Waals surface area contributed by atoms with Crippen molar-refractivity contribution in [1.29, 1.82) is 0 Å². The first-order valence-electron chi connectivity index (χ1n) is 4.93. The average Bonchev–Trinajstić information content (AvgIpc) is 2.49. The average molecular weight is 228 g/mol. The second-order valence-corrected chi connectivity index (χ2v) is 3.88. The molecule has 16 heavy (non-hydrogen) atoms. The van der Waals surface area contributed by atoms with Crippen LogP contribution in [0.3, 0.4) is 0 Å². The van der Waals surface area contributed by atoms with E-state index in [4.69, 9.17) is 9.47 Å². The molecule has 0 saturated carbocycles. The quantitative estimate of drug-likeness (QED) is 0.694. The lowest BCUT2D eigenvalue weighted by molar-refractivity contribution is -0.149. The van der Waals surface area contributed by atoms with E-state index in [1.165, 1.54) is 0 Å². The number of fused-ring (bicyclic) bond motifs is 1. The van der Waals surface area contributed by atoms with Crippen LogP contribution in [0.1, 0.15) is 12.6 Å². The van der Waals surface area contributed by atoms with Gasteiger partial charge in [-0.25, -0.2) is 4.79 Å². The van der Waals surface area contributed by atoms with Crippen LogP contribution in [0.5, 0.6) is 0 Å². The number of aromatic nitrogens is 2. The van der Waals surface area contributed by atoms with Gasteiger partial charge in [0.2, 0.25) is 5.82 Å². The first-order chi connectivity index (χ1) is 7.65. The number of hydrogen-bond donors (Lipinski definition) is 1. The third-order valence-electron chi connectivity index (χ3n) is 2.89. The number of nitrogens with zero attached hydrogens (tertiary/aromatic N) is 1. The summed E-state index contributed by atoms with van der Waals surface area (Å²) >= 11 is 0. The minimum atomic E-state index is -1.02. The molecule has 0 aliphatic carbocycles. The van der Waals surface area contributed by atoms with Gasteiger partial charge in [-0.15, -0.1) is 0 Å². The maximum absolute atomic E-state index is 13.0. The molecule has 2 aliphatic rings. The second kappa shape index (κ2) is 3.26. The van der Waals surface area contributed by atoms with Crippen LogP contribution in [-0.4, -0.2) is 28.4 Å². The van der Waals surface area contributed by atoms with Crippen LogP contribution in [0.15, 0.2) is 15.8 Å². The summed E-state index contributed by atoms with van der Waals surface area (Å²) in [6, 6.07) is 0. The van der Waals surface area contributed by atoms with E-state index in [2.05, 4.69) is 0 Å². The van der Waals surface area contributed by atoms with Gasteiger partial charge in [-0.2, -0.15) is 4.39 Å². The van der Waals surface area contributed by atoms with Gasteiger partial charge in [0, 0.05) is 6.42 Å². The highest BCUT2D eigenvalue weighted by Crippen LogP contribution is 2.35. The van der Waals surface area contributed by atoms with Gasteiger partial charge in [0.05, 0.1) is 18.9 Å². The van der Waals surface area contributed by atoms with Crippen molar-refractivity contribution in [1.82, 2.24) is 9.55 Å². The van der Waals surface area contributed by atoms with E-state index in [9.17, 15) is 14.0 Å². The van der Waals surface area contributed by atoms with Gasteiger partial charge in [0.15, 0.2) is 0 Å². The molecule has 3 heterocycles. The van der Waals surface area contributed by atoms with Gasteiger partial charge < -0.3 is 9.47 Å². The first kappa shape index (κ1) is 9.73. The van der Waals surface area contributed by atoms with Crippen molar-refractivity contribution < 1.29 is 13.9 Å². The van der Waals surface area contributed by atoms with Crippen LogP contribution in [0.2, 0.25) is 0 Å². The Hall–Kier alpha value is -1.47. The van der Waals surface area contributed by atoms with E-state index in [0.29, 0.717) is 13.0 Å². The molecular weight excluding hydrogens is 219 g/mol. The van der Waals surface area contributed by atoms with Gasteiger partial charge in [0.25, 0.3) is 5.56 Å². The molecule has 2 fully saturated rings. The lowest BCUT2D eigenvalue weighted by Gasteiger charge is -2.28. The molecule has 2 aliphatic heterocycles. The highest BCUT2D eigenvalue weighted by Gasteiger charge is 2.44.